The smallest absolute Gasteiger partial charge is 0.160 e. The highest BCUT2D eigenvalue weighted by atomic mass is 15.0. The lowest BCUT2D eigenvalue weighted by Crippen LogP contribution is -2.33. The molecule has 25 rings (SSSR count). The Bertz CT molecular complexity index is 7690. The number of hydrogen-bond donors (Lipinski definition) is 0. The minimum atomic E-state index is -0.652. The van der Waals surface area contributed by atoms with Crippen molar-refractivity contribution in [3.8, 4) is 146 Å². The van der Waals surface area contributed by atoms with E-state index in [1.807, 2.05) is 0 Å². The van der Waals surface area contributed by atoms with Gasteiger partial charge < -0.3 is 9.13 Å². The van der Waals surface area contributed by atoms with Gasteiger partial charge in [-0.15, -0.1) is 0 Å². The summed E-state index contributed by atoms with van der Waals surface area (Å²) in [6, 6.07) is 152. The van der Waals surface area contributed by atoms with Crippen molar-refractivity contribution >= 4 is 43.6 Å². The summed E-state index contributed by atoms with van der Waals surface area (Å²) in [7, 11) is 0. The van der Waals surface area contributed by atoms with E-state index < -0.39 is 10.8 Å². The first-order valence-electron chi connectivity index (χ1n) is 40.7. The molecule has 4 aliphatic rings. The Morgan fingerprint density at radius 3 is 1.19 bits per heavy atom. The molecule has 6 heterocycles. The van der Waals surface area contributed by atoms with E-state index in [1.165, 1.54) is 122 Å². The Kier molecular flexibility index (Phi) is 14.3. The van der Waals surface area contributed by atoms with Crippen molar-refractivity contribution < 1.29 is 0 Å². The van der Waals surface area contributed by atoms with E-state index in [0.717, 1.165) is 101 Å². The quantitative estimate of drug-likeness (QED) is 0.137. The SMILES string of the molecule is c1ccc(-c2ccc(-c3nc(-c4ccccc4)cc(-c4cccc(-c5cc6c7c(c5)c5ccc(-c8ccc(-c9nc(-c%10ccccc%10)cc(-c%10ccccc%10-c%10cccc%11c%10-n%10c%12ccccc%12c%12cccc(c%12%10)C%11%10c%11ccccc%11-c%11ccccc%11%10)n9)cc8)cc5n7-c5ccccc5C65c6ccccc6-c6ccccc65)c4)n3)cc2)cc1. The molecule has 0 amide bonds. The number of benzene rings is 17. The van der Waals surface area contributed by atoms with Gasteiger partial charge in [-0.25, -0.2) is 19.9 Å². The molecule has 118 heavy (non-hydrogen) atoms. The zero-order chi connectivity index (χ0) is 77.3. The summed E-state index contributed by atoms with van der Waals surface area (Å²) >= 11 is 0. The summed E-state index contributed by atoms with van der Waals surface area (Å²) in [6.07, 6.45) is 0. The van der Waals surface area contributed by atoms with Crippen molar-refractivity contribution in [1.29, 1.82) is 0 Å². The minimum Gasteiger partial charge on any atom is -0.309 e. The van der Waals surface area contributed by atoms with E-state index in [1.54, 1.807) is 0 Å². The predicted octanol–water partition coefficient (Wildman–Crippen LogP) is 27.5. The van der Waals surface area contributed by atoms with Crippen LogP contribution in [0.3, 0.4) is 0 Å². The van der Waals surface area contributed by atoms with E-state index >= 15 is 0 Å². The number of rotatable bonds is 10. The zero-order valence-electron chi connectivity index (χ0n) is 63.9. The molecule has 2 aliphatic heterocycles. The molecule has 0 saturated carbocycles. The van der Waals surface area contributed by atoms with Crippen molar-refractivity contribution in [1.82, 2.24) is 29.1 Å². The van der Waals surface area contributed by atoms with Crippen molar-refractivity contribution in [3.63, 3.8) is 0 Å². The van der Waals surface area contributed by atoms with Gasteiger partial charge in [-0.1, -0.05) is 364 Å². The van der Waals surface area contributed by atoms with Crippen LogP contribution in [0.5, 0.6) is 0 Å². The number of fused-ring (bicyclic) bond motifs is 24. The van der Waals surface area contributed by atoms with Crippen LogP contribution in [0.15, 0.2) is 413 Å². The number of nitrogens with zero attached hydrogens (tertiary/aromatic N) is 6. The average molecular weight is 1500 g/mol. The fourth-order valence-corrected chi connectivity index (χ4v) is 20.8. The second kappa shape index (κ2) is 25.5. The Labute approximate surface area is 681 Å². The molecular weight excluding hydrogens is 1430 g/mol. The summed E-state index contributed by atoms with van der Waals surface area (Å²) in [4.78, 5) is 21.9. The lowest BCUT2D eigenvalue weighted by Gasteiger charge is -2.40. The lowest BCUT2D eigenvalue weighted by molar-refractivity contribution is 0.749. The molecule has 0 bridgehead atoms. The number of hydrogen-bond acceptors (Lipinski definition) is 4. The highest BCUT2D eigenvalue weighted by Crippen LogP contribution is 2.64. The third-order valence-corrected chi connectivity index (χ3v) is 25.8. The summed E-state index contributed by atoms with van der Waals surface area (Å²) in [5.41, 5.74) is 39.4. The van der Waals surface area contributed by atoms with Gasteiger partial charge in [0.25, 0.3) is 0 Å². The van der Waals surface area contributed by atoms with E-state index in [4.69, 9.17) is 19.9 Å². The van der Waals surface area contributed by atoms with Crippen molar-refractivity contribution in [2.75, 3.05) is 0 Å². The van der Waals surface area contributed by atoms with Crippen LogP contribution in [0.1, 0.15) is 44.5 Å². The summed E-state index contributed by atoms with van der Waals surface area (Å²) in [5, 5.41) is 4.84. The zero-order valence-corrected chi connectivity index (χ0v) is 63.9. The molecule has 2 aliphatic carbocycles. The first-order chi connectivity index (χ1) is 58.5. The standard InChI is InChI=1S/C112H68N6/c1-4-27-69(28-5-1)70-53-57-74(58-54-70)109-113-99(72-29-6-2-7-30-72)67-101(115-109)78-34-24-33-76(63-78)79-64-90-87-62-61-77(66-105(87)117-104-52-23-21-48-95(104)111(98(65-79)108(90)117)91-44-17-12-36-81(91)82-37-13-18-45-92(82)111)71-55-59-75(60-56-71)110-114-100(73-31-8-3-9-32-73)68-102(116-110)85-40-11-10-35-80(85)88-42-25-49-96-106(88)118-103-51-22-16-41-86(103)89-43-26-50-97(107(89)118)112(96)93-46-19-14-38-83(93)84-39-15-20-47-94(84)112/h1-68H. The highest BCUT2D eigenvalue weighted by molar-refractivity contribution is 6.16. The number of aromatic nitrogens is 6. The molecule has 0 radical (unpaired) electrons. The van der Waals surface area contributed by atoms with Crippen LogP contribution in [0, 0.1) is 0 Å². The topological polar surface area (TPSA) is 61.4 Å². The van der Waals surface area contributed by atoms with Crippen molar-refractivity contribution in [2.45, 2.75) is 10.8 Å². The summed E-state index contributed by atoms with van der Waals surface area (Å²) < 4.78 is 5.15. The van der Waals surface area contributed by atoms with Gasteiger partial charge in [0.2, 0.25) is 0 Å². The molecule has 0 unspecified atom stereocenters. The lowest BCUT2D eigenvalue weighted by atomic mass is 9.65. The maximum Gasteiger partial charge on any atom is 0.160 e. The summed E-state index contributed by atoms with van der Waals surface area (Å²) in [5.74, 6) is 1.32. The van der Waals surface area contributed by atoms with E-state index in [0.29, 0.717) is 11.6 Å². The minimum absolute atomic E-state index is 0.599. The van der Waals surface area contributed by atoms with Crippen LogP contribution in [0.4, 0.5) is 0 Å². The molecular formula is C112H68N6. The molecule has 2 spiro atoms. The first kappa shape index (κ1) is 66.0. The summed E-state index contributed by atoms with van der Waals surface area (Å²) in [6.45, 7) is 0. The van der Waals surface area contributed by atoms with Crippen molar-refractivity contribution in [3.05, 3.63) is 457 Å². The van der Waals surface area contributed by atoms with Crippen LogP contribution in [-0.4, -0.2) is 29.1 Å². The number of para-hydroxylation sites is 4. The van der Waals surface area contributed by atoms with Gasteiger partial charge in [-0.05, 0) is 154 Å². The Morgan fingerprint density at radius 2 is 0.568 bits per heavy atom. The second-order valence-electron chi connectivity index (χ2n) is 31.7. The maximum absolute atomic E-state index is 5.69. The van der Waals surface area contributed by atoms with Gasteiger partial charge in [0.1, 0.15) is 0 Å². The van der Waals surface area contributed by atoms with Crippen LogP contribution in [0.25, 0.3) is 190 Å². The normalized spacial score (nSPS) is 13.2. The highest BCUT2D eigenvalue weighted by Gasteiger charge is 2.53. The van der Waals surface area contributed by atoms with Gasteiger partial charge in [0.15, 0.2) is 11.6 Å². The maximum atomic E-state index is 5.69. The molecule has 0 saturated heterocycles. The van der Waals surface area contributed by atoms with Gasteiger partial charge in [0.05, 0.1) is 67.0 Å². The third kappa shape index (κ3) is 9.45. The van der Waals surface area contributed by atoms with Crippen molar-refractivity contribution in [2.24, 2.45) is 0 Å². The molecule has 0 atom stereocenters. The van der Waals surface area contributed by atoms with Gasteiger partial charge in [-0.2, -0.15) is 0 Å². The van der Waals surface area contributed by atoms with Gasteiger partial charge >= 0.3 is 0 Å². The Balaban J connectivity index is 0.638. The van der Waals surface area contributed by atoms with Crippen LogP contribution in [0.2, 0.25) is 0 Å². The van der Waals surface area contributed by atoms with E-state index in [-0.39, 0.29) is 0 Å². The van der Waals surface area contributed by atoms with Gasteiger partial charge in [-0.3, -0.25) is 0 Å². The average Bonchev–Trinajstić information content (AvgIpc) is 1.49. The molecule has 17 aromatic carbocycles. The fraction of sp³-hybridized carbons (Fsp3) is 0.0179. The Morgan fingerprint density at radius 1 is 0.178 bits per heavy atom. The second-order valence-corrected chi connectivity index (χ2v) is 31.7. The van der Waals surface area contributed by atoms with Crippen LogP contribution >= 0.6 is 0 Å². The molecule has 0 fully saturated rings. The molecule has 4 aromatic heterocycles. The van der Waals surface area contributed by atoms with Gasteiger partial charge in [0, 0.05) is 60.5 Å². The van der Waals surface area contributed by atoms with Crippen LogP contribution in [-0.2, 0) is 10.8 Å². The first-order valence-corrected chi connectivity index (χ1v) is 40.7. The van der Waals surface area contributed by atoms with Crippen LogP contribution < -0.4 is 0 Å². The molecule has 0 N–H and O–H groups in total. The fourth-order valence-electron chi connectivity index (χ4n) is 20.8. The third-order valence-electron chi connectivity index (χ3n) is 25.8. The molecule has 21 aromatic rings. The largest absolute Gasteiger partial charge is 0.309 e. The Hall–Kier alpha value is -15.5. The van der Waals surface area contributed by atoms with E-state index in [2.05, 4.69) is 422 Å². The monoisotopic (exact) mass is 1500 g/mol. The molecule has 6 nitrogen and oxygen atoms in total. The molecule has 6 heteroatoms. The molecule has 546 valence electrons. The van der Waals surface area contributed by atoms with E-state index in [9.17, 15) is 0 Å². The predicted molar refractivity (Wildman–Crippen MR) is 482 cm³/mol.